The fraction of sp³-hybridized carbons (Fsp3) is 0.681. The van der Waals surface area contributed by atoms with Crippen molar-refractivity contribution in [2.45, 2.75) is 290 Å². The highest BCUT2D eigenvalue weighted by molar-refractivity contribution is 5.70. The van der Waals surface area contributed by atoms with Gasteiger partial charge >= 0.3 is 11.9 Å². The molecule has 0 aromatic carbocycles. The van der Waals surface area contributed by atoms with E-state index >= 15 is 0 Å². The second-order valence-electron chi connectivity index (χ2n) is 20.4. The number of aliphatic hydroxyl groups is 1. The van der Waals surface area contributed by atoms with Gasteiger partial charge in [-0.1, -0.05) is 283 Å². The first kappa shape index (κ1) is 70.3. The van der Waals surface area contributed by atoms with Gasteiger partial charge in [0.25, 0.3) is 0 Å². The first-order valence-electron chi connectivity index (χ1n) is 31.1. The highest BCUT2D eigenvalue weighted by Crippen LogP contribution is 2.16. The molecule has 0 saturated heterocycles. The molecule has 0 aliphatic carbocycles. The normalized spacial score (nSPS) is 13.1. The lowest BCUT2D eigenvalue weighted by molar-refractivity contribution is -0.161. The predicted octanol–water partition coefficient (Wildman–Crippen LogP) is 21.4. The monoisotopic (exact) mass is 1020 g/mol. The molecule has 0 saturated carbocycles. The summed E-state index contributed by atoms with van der Waals surface area (Å²) in [5.41, 5.74) is 0. The van der Waals surface area contributed by atoms with E-state index in [0.717, 1.165) is 116 Å². The number of carbonyl (C=O) groups is 2. The minimum absolute atomic E-state index is 0.0791. The quantitative estimate of drug-likeness (QED) is 0.0373. The lowest BCUT2D eigenvalue weighted by Gasteiger charge is -2.15. The summed E-state index contributed by atoms with van der Waals surface area (Å²) in [6.07, 6.45) is 93.3. The molecule has 0 rings (SSSR count). The molecule has 5 nitrogen and oxygen atoms in total. The second-order valence-corrected chi connectivity index (χ2v) is 20.4. The summed E-state index contributed by atoms with van der Waals surface area (Å²) in [7, 11) is 0. The van der Waals surface area contributed by atoms with Gasteiger partial charge in [-0.05, 0) is 109 Å². The number of carbonyl (C=O) groups excluding carboxylic acids is 2. The molecule has 0 amide bonds. The summed E-state index contributed by atoms with van der Waals surface area (Å²) < 4.78 is 10.7. The highest BCUT2D eigenvalue weighted by Gasteiger charge is 2.16. The molecule has 0 spiro atoms. The van der Waals surface area contributed by atoms with Crippen molar-refractivity contribution < 1.29 is 24.2 Å². The van der Waals surface area contributed by atoms with Gasteiger partial charge < -0.3 is 14.6 Å². The van der Waals surface area contributed by atoms with Crippen molar-refractivity contribution in [3.05, 3.63) is 122 Å². The van der Waals surface area contributed by atoms with Crippen LogP contribution in [-0.4, -0.2) is 36.4 Å². The Bertz CT molecular complexity index is 1490. The molecule has 0 aliphatic heterocycles. The minimum atomic E-state index is -0.791. The lowest BCUT2D eigenvalue weighted by Crippen LogP contribution is -2.28. The van der Waals surface area contributed by atoms with E-state index in [0.29, 0.717) is 12.8 Å². The van der Waals surface area contributed by atoms with Gasteiger partial charge in [0.15, 0.2) is 6.10 Å². The van der Waals surface area contributed by atoms with Gasteiger partial charge in [-0.3, -0.25) is 9.59 Å². The maximum atomic E-state index is 12.3. The molecule has 1 N–H and O–H groups in total. The van der Waals surface area contributed by atoms with Crippen molar-refractivity contribution in [1.82, 2.24) is 0 Å². The van der Waals surface area contributed by atoms with Crippen LogP contribution in [-0.2, 0) is 19.1 Å². The fourth-order valence-electron chi connectivity index (χ4n) is 8.60. The SMILES string of the molecule is CC/C=C\C/C=C\C/C=C\C/C=C\C/C=C\C/C=C\C/C=C\CCCCCCCC(=O)OC(CO)COC(=O)CCCCCCCCCCCCCCCCCCCC/C=C\C/C=C\C/C=C\CCCCCCC. The summed E-state index contributed by atoms with van der Waals surface area (Å²) in [4.78, 5) is 24.6. The Hall–Kier alpha value is -3.70. The minimum Gasteiger partial charge on any atom is -0.462 e. The Labute approximate surface area is 458 Å². The molecule has 0 aliphatic rings. The molecule has 422 valence electrons. The van der Waals surface area contributed by atoms with Crippen molar-refractivity contribution >= 4 is 11.9 Å². The first-order chi connectivity index (χ1) is 36.6. The topological polar surface area (TPSA) is 72.8 Å². The zero-order valence-electron chi connectivity index (χ0n) is 48.3. The van der Waals surface area contributed by atoms with Crippen molar-refractivity contribution in [3.63, 3.8) is 0 Å². The molecule has 0 fully saturated rings. The van der Waals surface area contributed by atoms with Crippen molar-refractivity contribution in [2.24, 2.45) is 0 Å². The van der Waals surface area contributed by atoms with E-state index in [-0.39, 0.29) is 25.2 Å². The molecule has 1 unspecified atom stereocenters. The Morgan fingerprint density at radius 2 is 0.581 bits per heavy atom. The van der Waals surface area contributed by atoms with Gasteiger partial charge in [-0.15, -0.1) is 0 Å². The van der Waals surface area contributed by atoms with E-state index < -0.39 is 6.10 Å². The number of rotatable bonds is 56. The van der Waals surface area contributed by atoms with Crippen LogP contribution in [0.25, 0.3) is 0 Å². The van der Waals surface area contributed by atoms with E-state index in [1.54, 1.807) is 0 Å². The number of hydrogen-bond donors (Lipinski definition) is 1. The summed E-state index contributed by atoms with van der Waals surface area (Å²) in [6.45, 7) is 4.01. The van der Waals surface area contributed by atoms with Crippen LogP contribution in [0, 0.1) is 0 Å². The highest BCUT2D eigenvalue weighted by atomic mass is 16.6. The van der Waals surface area contributed by atoms with Crippen LogP contribution < -0.4 is 0 Å². The van der Waals surface area contributed by atoms with E-state index in [1.165, 1.54) is 141 Å². The Kier molecular flexibility index (Phi) is 60.4. The average molecular weight is 1030 g/mol. The molecular formula is C69H116O5. The van der Waals surface area contributed by atoms with E-state index in [4.69, 9.17) is 9.47 Å². The summed E-state index contributed by atoms with van der Waals surface area (Å²) in [5, 5.41) is 9.67. The third kappa shape index (κ3) is 60.9. The maximum Gasteiger partial charge on any atom is 0.306 e. The molecule has 5 heteroatoms. The summed E-state index contributed by atoms with van der Waals surface area (Å²) in [6, 6.07) is 0. The molecule has 1 atom stereocenters. The zero-order chi connectivity index (χ0) is 53.4. The van der Waals surface area contributed by atoms with Crippen LogP contribution >= 0.6 is 0 Å². The zero-order valence-corrected chi connectivity index (χ0v) is 48.3. The van der Waals surface area contributed by atoms with E-state index in [1.807, 2.05) is 0 Å². The average Bonchev–Trinajstić information content (AvgIpc) is 3.40. The molecule has 0 radical (unpaired) electrons. The lowest BCUT2D eigenvalue weighted by atomic mass is 10.0. The van der Waals surface area contributed by atoms with Crippen molar-refractivity contribution in [1.29, 1.82) is 0 Å². The Balaban J connectivity index is 3.53. The van der Waals surface area contributed by atoms with Crippen LogP contribution in [0.2, 0.25) is 0 Å². The third-order valence-electron chi connectivity index (χ3n) is 13.2. The van der Waals surface area contributed by atoms with Crippen LogP contribution in [0.5, 0.6) is 0 Å². The van der Waals surface area contributed by atoms with Gasteiger partial charge in [0.05, 0.1) is 6.61 Å². The van der Waals surface area contributed by atoms with Gasteiger partial charge in [0.1, 0.15) is 6.61 Å². The van der Waals surface area contributed by atoms with Crippen LogP contribution in [0.15, 0.2) is 122 Å². The largest absolute Gasteiger partial charge is 0.462 e. The maximum absolute atomic E-state index is 12.3. The predicted molar refractivity (Wildman–Crippen MR) is 325 cm³/mol. The number of unbranched alkanes of at least 4 members (excludes halogenated alkanes) is 28. The number of esters is 2. The summed E-state index contributed by atoms with van der Waals surface area (Å²) >= 11 is 0. The van der Waals surface area contributed by atoms with Gasteiger partial charge in [-0.25, -0.2) is 0 Å². The number of allylic oxidation sites excluding steroid dienone is 20. The molecule has 0 aromatic heterocycles. The molecule has 74 heavy (non-hydrogen) atoms. The van der Waals surface area contributed by atoms with Crippen LogP contribution in [0.4, 0.5) is 0 Å². The number of hydrogen-bond acceptors (Lipinski definition) is 5. The number of ether oxygens (including phenoxy) is 2. The Morgan fingerprint density at radius 1 is 0.324 bits per heavy atom. The van der Waals surface area contributed by atoms with Crippen molar-refractivity contribution in [3.8, 4) is 0 Å². The standard InChI is InChI=1S/C69H116O5/c1-3-5-7-9-11-13-15-17-19-21-23-25-27-29-31-32-33-34-35-36-38-39-41-43-45-47-49-51-53-55-57-59-61-63-68(71)73-66-67(65-70)74-69(72)64-62-60-58-56-54-52-50-48-46-44-42-40-37-30-28-26-24-22-20-18-16-14-12-10-8-6-4-2/h6,8,12,14-15,17-18,20-21,23-24,26-27,29-30,37,42,44,48,50,67,70H,3-5,7,9-11,13,16,19,22,25,28,31-36,38-41,43,45-47,49,51-66H2,1-2H3/b8-6-,14-12-,17-15-,20-18-,23-21-,26-24-,29-27-,37-30-,44-42-,50-48-. The van der Waals surface area contributed by atoms with Gasteiger partial charge in [0.2, 0.25) is 0 Å². The molecule has 0 heterocycles. The van der Waals surface area contributed by atoms with Crippen LogP contribution in [0.1, 0.15) is 284 Å². The van der Waals surface area contributed by atoms with Crippen molar-refractivity contribution in [2.75, 3.05) is 13.2 Å². The van der Waals surface area contributed by atoms with Gasteiger partial charge in [-0.2, -0.15) is 0 Å². The molecular weight excluding hydrogens is 909 g/mol. The molecule has 0 bridgehead atoms. The van der Waals surface area contributed by atoms with Gasteiger partial charge in [0, 0.05) is 12.8 Å². The van der Waals surface area contributed by atoms with Crippen LogP contribution in [0.3, 0.4) is 0 Å². The Morgan fingerprint density at radius 3 is 0.878 bits per heavy atom. The number of aliphatic hydroxyl groups excluding tert-OH is 1. The molecule has 0 aromatic rings. The third-order valence-corrected chi connectivity index (χ3v) is 13.2. The van der Waals surface area contributed by atoms with E-state index in [2.05, 4.69) is 135 Å². The fourth-order valence-corrected chi connectivity index (χ4v) is 8.60. The second kappa shape index (κ2) is 63.6. The summed E-state index contributed by atoms with van der Waals surface area (Å²) in [5.74, 6) is -0.612. The van der Waals surface area contributed by atoms with E-state index in [9.17, 15) is 14.7 Å². The smallest absolute Gasteiger partial charge is 0.306 e. The first-order valence-corrected chi connectivity index (χ1v) is 31.1.